The zero-order valence-electron chi connectivity index (χ0n) is 11.1. The zero-order chi connectivity index (χ0) is 14.4. The molecule has 0 amide bonds. The van der Waals surface area contributed by atoms with Crippen molar-refractivity contribution in [2.24, 2.45) is 0 Å². The maximum absolute atomic E-state index is 11.6. The molecule has 20 heavy (non-hydrogen) atoms. The van der Waals surface area contributed by atoms with Crippen molar-refractivity contribution in [2.45, 2.75) is 6.54 Å². The summed E-state index contributed by atoms with van der Waals surface area (Å²) in [4.78, 5) is 11.6. The van der Waals surface area contributed by atoms with Crippen LogP contribution in [0.15, 0.2) is 48.5 Å². The summed E-state index contributed by atoms with van der Waals surface area (Å²) in [6.07, 6.45) is 0. The van der Waals surface area contributed by atoms with Crippen molar-refractivity contribution < 1.29 is 9.53 Å². The molecular weight excluding hydrogens is 252 g/mol. The molecule has 2 aromatic rings. The van der Waals surface area contributed by atoms with Gasteiger partial charge in [0.15, 0.2) is 0 Å². The average molecular weight is 266 g/mol. The molecule has 0 aliphatic heterocycles. The summed E-state index contributed by atoms with van der Waals surface area (Å²) >= 11 is 0. The first kappa shape index (κ1) is 13.6. The van der Waals surface area contributed by atoms with Gasteiger partial charge >= 0.3 is 5.97 Å². The first-order chi connectivity index (χ1) is 9.74. The van der Waals surface area contributed by atoms with Gasteiger partial charge in [-0.25, -0.2) is 4.79 Å². The number of rotatable bonds is 4. The lowest BCUT2D eigenvalue weighted by atomic mass is 10.1. The van der Waals surface area contributed by atoms with Crippen LogP contribution in [0.4, 0.5) is 5.69 Å². The molecule has 0 bridgehead atoms. The molecular formula is C16H14N2O2. The number of benzene rings is 2. The van der Waals surface area contributed by atoms with Crippen LogP contribution in [0.25, 0.3) is 0 Å². The quantitative estimate of drug-likeness (QED) is 0.864. The van der Waals surface area contributed by atoms with Gasteiger partial charge in [0.05, 0.1) is 24.3 Å². The van der Waals surface area contributed by atoms with Gasteiger partial charge in [0.2, 0.25) is 0 Å². The van der Waals surface area contributed by atoms with Gasteiger partial charge in [-0.1, -0.05) is 18.2 Å². The number of methoxy groups -OCH3 is 1. The topological polar surface area (TPSA) is 62.1 Å². The SMILES string of the molecule is COC(=O)c1ccccc1CNc1ccc(C#N)cc1. The minimum Gasteiger partial charge on any atom is -0.465 e. The van der Waals surface area contributed by atoms with Gasteiger partial charge in [0.25, 0.3) is 0 Å². The lowest BCUT2D eigenvalue weighted by Gasteiger charge is -2.10. The van der Waals surface area contributed by atoms with E-state index in [4.69, 9.17) is 10.00 Å². The lowest BCUT2D eigenvalue weighted by molar-refractivity contribution is 0.0599. The summed E-state index contributed by atoms with van der Waals surface area (Å²) in [6.45, 7) is 0.511. The Morgan fingerprint density at radius 2 is 1.90 bits per heavy atom. The fourth-order valence-electron chi connectivity index (χ4n) is 1.84. The molecule has 0 heterocycles. The molecule has 0 fully saturated rings. The maximum Gasteiger partial charge on any atom is 0.338 e. The highest BCUT2D eigenvalue weighted by Gasteiger charge is 2.10. The molecule has 0 spiro atoms. The lowest BCUT2D eigenvalue weighted by Crippen LogP contribution is -2.09. The number of ether oxygens (including phenoxy) is 1. The van der Waals surface area contributed by atoms with E-state index in [-0.39, 0.29) is 5.97 Å². The number of esters is 1. The van der Waals surface area contributed by atoms with Crippen LogP contribution >= 0.6 is 0 Å². The number of nitrogens with one attached hydrogen (secondary N) is 1. The Kier molecular flexibility index (Phi) is 4.35. The smallest absolute Gasteiger partial charge is 0.338 e. The summed E-state index contributed by atoms with van der Waals surface area (Å²) in [5, 5.41) is 12.0. The van der Waals surface area contributed by atoms with Gasteiger partial charge in [-0.2, -0.15) is 5.26 Å². The first-order valence-corrected chi connectivity index (χ1v) is 6.15. The van der Waals surface area contributed by atoms with Crippen molar-refractivity contribution in [2.75, 3.05) is 12.4 Å². The van der Waals surface area contributed by atoms with E-state index in [0.29, 0.717) is 17.7 Å². The number of carbonyl (C=O) groups excluding carboxylic acids is 1. The Morgan fingerprint density at radius 3 is 2.55 bits per heavy atom. The molecule has 0 atom stereocenters. The first-order valence-electron chi connectivity index (χ1n) is 6.15. The van der Waals surface area contributed by atoms with E-state index in [2.05, 4.69) is 11.4 Å². The number of anilines is 1. The average Bonchev–Trinajstić information content (AvgIpc) is 2.53. The zero-order valence-corrected chi connectivity index (χ0v) is 11.1. The number of hydrogen-bond donors (Lipinski definition) is 1. The second-order valence-corrected chi connectivity index (χ2v) is 4.19. The van der Waals surface area contributed by atoms with E-state index >= 15 is 0 Å². The molecule has 100 valence electrons. The van der Waals surface area contributed by atoms with Gasteiger partial charge in [-0.15, -0.1) is 0 Å². The Hall–Kier alpha value is -2.80. The van der Waals surface area contributed by atoms with Crippen molar-refractivity contribution >= 4 is 11.7 Å². The Morgan fingerprint density at radius 1 is 1.20 bits per heavy atom. The van der Waals surface area contributed by atoms with Crippen LogP contribution in [0.2, 0.25) is 0 Å². The van der Waals surface area contributed by atoms with Crippen molar-refractivity contribution in [3.8, 4) is 6.07 Å². The number of nitriles is 1. The third-order valence-corrected chi connectivity index (χ3v) is 2.92. The van der Waals surface area contributed by atoms with Crippen LogP contribution in [-0.2, 0) is 11.3 Å². The molecule has 0 saturated heterocycles. The van der Waals surface area contributed by atoms with Crippen molar-refractivity contribution in [1.29, 1.82) is 5.26 Å². The molecule has 0 aliphatic rings. The second kappa shape index (κ2) is 6.39. The van der Waals surface area contributed by atoms with Gasteiger partial charge in [-0.05, 0) is 35.9 Å². The molecule has 0 aromatic heterocycles. The molecule has 1 N–H and O–H groups in total. The number of carbonyl (C=O) groups is 1. The Labute approximate surface area is 117 Å². The van der Waals surface area contributed by atoms with E-state index in [1.54, 1.807) is 24.3 Å². The van der Waals surface area contributed by atoms with Gasteiger partial charge in [0, 0.05) is 12.2 Å². The van der Waals surface area contributed by atoms with Crippen molar-refractivity contribution in [1.82, 2.24) is 0 Å². The van der Waals surface area contributed by atoms with E-state index in [9.17, 15) is 4.79 Å². The summed E-state index contributed by atoms with van der Waals surface area (Å²) in [6, 6.07) is 16.5. The Balaban J connectivity index is 2.10. The molecule has 4 heteroatoms. The fourth-order valence-corrected chi connectivity index (χ4v) is 1.84. The number of nitrogens with zero attached hydrogens (tertiary/aromatic N) is 1. The predicted octanol–water partition coefficient (Wildman–Crippen LogP) is 2.96. The highest BCUT2D eigenvalue weighted by Crippen LogP contribution is 2.14. The van der Waals surface area contributed by atoms with Crippen LogP contribution < -0.4 is 5.32 Å². The van der Waals surface area contributed by atoms with E-state index in [1.807, 2.05) is 24.3 Å². The standard InChI is InChI=1S/C16H14N2O2/c1-20-16(19)15-5-3-2-4-13(15)11-18-14-8-6-12(10-17)7-9-14/h2-9,18H,11H2,1H3. The van der Waals surface area contributed by atoms with Crippen LogP contribution in [0, 0.1) is 11.3 Å². The monoisotopic (exact) mass is 266 g/mol. The van der Waals surface area contributed by atoms with Crippen LogP contribution in [-0.4, -0.2) is 13.1 Å². The minimum atomic E-state index is -0.345. The molecule has 0 aliphatic carbocycles. The minimum absolute atomic E-state index is 0.345. The summed E-state index contributed by atoms with van der Waals surface area (Å²) in [5.41, 5.74) is 2.93. The summed E-state index contributed by atoms with van der Waals surface area (Å²) < 4.78 is 4.76. The third-order valence-electron chi connectivity index (χ3n) is 2.92. The van der Waals surface area contributed by atoms with Crippen LogP contribution in [0.5, 0.6) is 0 Å². The second-order valence-electron chi connectivity index (χ2n) is 4.19. The third kappa shape index (κ3) is 3.15. The Bertz CT molecular complexity index is 642. The van der Waals surface area contributed by atoms with Crippen LogP contribution in [0.3, 0.4) is 0 Å². The molecule has 2 aromatic carbocycles. The van der Waals surface area contributed by atoms with Gasteiger partial charge in [0.1, 0.15) is 0 Å². The highest BCUT2D eigenvalue weighted by atomic mass is 16.5. The van der Waals surface area contributed by atoms with Gasteiger partial charge < -0.3 is 10.1 Å². The normalized spacial score (nSPS) is 9.60. The highest BCUT2D eigenvalue weighted by molar-refractivity contribution is 5.91. The van der Waals surface area contributed by atoms with E-state index in [0.717, 1.165) is 11.3 Å². The van der Waals surface area contributed by atoms with Crippen molar-refractivity contribution in [3.05, 3.63) is 65.2 Å². The molecule has 4 nitrogen and oxygen atoms in total. The molecule has 0 saturated carbocycles. The van der Waals surface area contributed by atoms with E-state index in [1.165, 1.54) is 7.11 Å². The summed E-state index contributed by atoms with van der Waals surface area (Å²) in [7, 11) is 1.37. The van der Waals surface area contributed by atoms with Crippen molar-refractivity contribution in [3.63, 3.8) is 0 Å². The largest absolute Gasteiger partial charge is 0.465 e. The predicted molar refractivity (Wildman–Crippen MR) is 76.3 cm³/mol. The summed E-state index contributed by atoms with van der Waals surface area (Å²) in [5.74, 6) is -0.345. The molecule has 2 rings (SSSR count). The van der Waals surface area contributed by atoms with Gasteiger partial charge in [-0.3, -0.25) is 0 Å². The van der Waals surface area contributed by atoms with Crippen LogP contribution in [0.1, 0.15) is 21.5 Å². The molecule has 0 unspecified atom stereocenters. The fraction of sp³-hybridized carbons (Fsp3) is 0.125. The maximum atomic E-state index is 11.6. The number of hydrogen-bond acceptors (Lipinski definition) is 4. The van der Waals surface area contributed by atoms with E-state index < -0.39 is 0 Å². The molecule has 0 radical (unpaired) electrons.